The van der Waals surface area contributed by atoms with E-state index >= 15 is 0 Å². The van der Waals surface area contributed by atoms with Gasteiger partial charge in [0.15, 0.2) is 12.3 Å². The monoisotopic (exact) mass is 369 g/mol. The van der Waals surface area contributed by atoms with Gasteiger partial charge in [-0.1, -0.05) is 0 Å². The van der Waals surface area contributed by atoms with E-state index in [2.05, 4.69) is 0 Å². The number of likely N-dealkylation sites (N-methyl/N-ethyl adjacent to an activating group) is 1. The van der Waals surface area contributed by atoms with E-state index in [0.29, 0.717) is 28.5 Å². The highest BCUT2D eigenvalue weighted by atomic mass is 19.2. The lowest BCUT2D eigenvalue weighted by Gasteiger charge is -2.36. The Morgan fingerprint density at radius 1 is 1.38 bits per heavy atom. The third kappa shape index (κ3) is 4.24. The fourth-order valence-electron chi connectivity index (χ4n) is 3.00. The smallest absolute Gasteiger partial charge is 0.150 e. The fraction of sp³-hybridized carbons (Fsp3) is 0.500. The summed E-state index contributed by atoms with van der Waals surface area (Å²) in [4.78, 5) is 1.68. The lowest BCUT2D eigenvalue weighted by atomic mass is 10.1. The van der Waals surface area contributed by atoms with Crippen LogP contribution in [0.3, 0.4) is 0 Å². The maximum atomic E-state index is 13.5. The van der Waals surface area contributed by atoms with Crippen molar-refractivity contribution >= 4 is 11.4 Å². The van der Waals surface area contributed by atoms with Crippen LogP contribution in [0.5, 0.6) is 5.75 Å². The standard InChI is InChI=1S/C18H27F2N5O.H2/c1-5-18(25-9-14(19)15(20)10-25)24(3)23(2)11-17(22)13-8-12(26-4)6-7-16(13)21;/h5-8,14-15,22H,9-11,21H2,1-4H3;1H/b18-5+,22-17?;/t14-,15-;/m0./s1. The van der Waals surface area contributed by atoms with Crippen molar-refractivity contribution in [3.05, 3.63) is 35.7 Å². The van der Waals surface area contributed by atoms with Gasteiger partial charge in [0.1, 0.15) is 11.6 Å². The molecule has 0 spiro atoms. The molecule has 1 aliphatic rings. The Hall–Kier alpha value is -2.35. The largest absolute Gasteiger partial charge is 0.497 e. The predicted octanol–water partition coefficient (Wildman–Crippen LogP) is 2.52. The van der Waals surface area contributed by atoms with Gasteiger partial charge >= 0.3 is 0 Å². The minimum Gasteiger partial charge on any atom is -0.497 e. The van der Waals surface area contributed by atoms with E-state index in [1.807, 2.05) is 20.0 Å². The first-order chi connectivity index (χ1) is 12.3. The zero-order valence-corrected chi connectivity index (χ0v) is 15.7. The molecule has 2 atom stereocenters. The zero-order valence-electron chi connectivity index (χ0n) is 15.7. The van der Waals surface area contributed by atoms with Crippen molar-refractivity contribution in [1.29, 1.82) is 5.41 Å². The van der Waals surface area contributed by atoms with Crippen molar-refractivity contribution < 1.29 is 14.9 Å². The molecule has 1 aromatic carbocycles. The number of ether oxygens (including phenoxy) is 1. The molecule has 6 nitrogen and oxygen atoms in total. The van der Waals surface area contributed by atoms with Crippen LogP contribution < -0.4 is 10.5 Å². The van der Waals surface area contributed by atoms with Gasteiger partial charge in [-0.3, -0.25) is 5.01 Å². The number of halogens is 2. The van der Waals surface area contributed by atoms with Gasteiger partial charge in [0.05, 0.1) is 32.5 Å². The molecule has 3 N–H and O–H groups in total. The highest BCUT2D eigenvalue weighted by Crippen LogP contribution is 2.24. The lowest BCUT2D eigenvalue weighted by molar-refractivity contribution is 0.0459. The molecular weight excluding hydrogens is 340 g/mol. The molecule has 2 rings (SSSR count). The van der Waals surface area contributed by atoms with Gasteiger partial charge in [0.25, 0.3) is 0 Å². The summed E-state index contributed by atoms with van der Waals surface area (Å²) in [5.74, 6) is 1.32. The minimum absolute atomic E-state index is 0. The molecule has 0 unspecified atom stereocenters. The number of anilines is 1. The molecule has 0 amide bonds. The minimum atomic E-state index is -1.47. The van der Waals surface area contributed by atoms with Gasteiger partial charge in [-0.25, -0.2) is 13.8 Å². The molecule has 26 heavy (non-hydrogen) atoms. The van der Waals surface area contributed by atoms with Gasteiger partial charge in [-0.15, -0.1) is 0 Å². The third-order valence-electron chi connectivity index (χ3n) is 4.58. The van der Waals surface area contributed by atoms with Crippen LogP contribution in [0.15, 0.2) is 30.1 Å². The Bertz CT molecular complexity index is 678. The Balaban J connectivity index is 0.00000364. The summed E-state index contributed by atoms with van der Waals surface area (Å²) >= 11 is 0. The van der Waals surface area contributed by atoms with Crippen molar-refractivity contribution in [2.24, 2.45) is 0 Å². The average Bonchev–Trinajstić information content (AvgIpc) is 2.94. The summed E-state index contributed by atoms with van der Waals surface area (Å²) in [5, 5.41) is 12.0. The number of nitrogens with zero attached hydrogens (tertiary/aromatic N) is 3. The summed E-state index contributed by atoms with van der Waals surface area (Å²) in [6, 6.07) is 5.18. The fourth-order valence-corrected chi connectivity index (χ4v) is 3.00. The Kier molecular flexibility index (Phi) is 6.42. The number of hydrogen-bond donors (Lipinski definition) is 2. The number of nitrogens with one attached hydrogen (secondary N) is 1. The van der Waals surface area contributed by atoms with E-state index in [9.17, 15) is 8.78 Å². The number of rotatable bonds is 7. The van der Waals surface area contributed by atoms with E-state index < -0.39 is 12.3 Å². The lowest BCUT2D eigenvalue weighted by Crippen LogP contribution is -2.44. The number of benzene rings is 1. The van der Waals surface area contributed by atoms with Crippen molar-refractivity contribution in [2.45, 2.75) is 19.3 Å². The van der Waals surface area contributed by atoms with Crippen molar-refractivity contribution in [2.75, 3.05) is 46.6 Å². The molecule has 1 saturated heterocycles. The Labute approximate surface area is 154 Å². The van der Waals surface area contributed by atoms with Crippen molar-refractivity contribution in [3.8, 4) is 5.75 Å². The van der Waals surface area contributed by atoms with Gasteiger partial charge in [0, 0.05) is 26.8 Å². The second-order valence-corrected chi connectivity index (χ2v) is 6.35. The first-order valence-electron chi connectivity index (χ1n) is 8.44. The van der Waals surface area contributed by atoms with Crippen LogP contribution in [0.4, 0.5) is 14.5 Å². The number of nitrogens with two attached hydrogens (primary N) is 1. The maximum Gasteiger partial charge on any atom is 0.150 e. The van der Waals surface area contributed by atoms with E-state index in [4.69, 9.17) is 15.9 Å². The third-order valence-corrected chi connectivity index (χ3v) is 4.58. The number of hydrogen-bond acceptors (Lipinski definition) is 6. The SMILES string of the molecule is C/C=C(/N1C[C@H](F)[C@@H](F)C1)N(C)N(C)CC(=N)c1cc(OC)ccc1N.[HH]. The summed E-state index contributed by atoms with van der Waals surface area (Å²) in [6.07, 6.45) is -1.14. The quantitative estimate of drug-likeness (QED) is 0.439. The van der Waals surface area contributed by atoms with E-state index in [0.717, 1.165) is 0 Å². The molecule has 0 aromatic heterocycles. The highest BCUT2D eigenvalue weighted by molar-refractivity contribution is 6.04. The molecule has 0 bridgehead atoms. The topological polar surface area (TPSA) is 68.8 Å². The van der Waals surface area contributed by atoms with E-state index in [-0.39, 0.29) is 21.1 Å². The normalized spacial score (nSPS) is 20.6. The number of hydrazine groups is 1. The van der Waals surface area contributed by atoms with Crippen LogP contribution in [0.25, 0.3) is 0 Å². The molecule has 146 valence electrons. The first-order valence-corrected chi connectivity index (χ1v) is 8.44. The average molecular weight is 369 g/mol. The molecular formula is C18H29F2N5O. The van der Waals surface area contributed by atoms with Crippen LogP contribution in [-0.2, 0) is 0 Å². The van der Waals surface area contributed by atoms with E-state index in [1.165, 1.54) is 0 Å². The number of likely N-dealkylation sites (tertiary alicyclic amines) is 1. The molecule has 1 fully saturated rings. The van der Waals surface area contributed by atoms with Crippen LogP contribution in [0, 0.1) is 5.41 Å². The molecule has 1 heterocycles. The van der Waals surface area contributed by atoms with Gasteiger partial charge in [-0.2, -0.15) is 0 Å². The van der Waals surface area contributed by atoms with E-state index in [1.54, 1.807) is 47.3 Å². The summed E-state index contributed by atoms with van der Waals surface area (Å²) in [5.41, 5.74) is 7.40. The molecule has 0 aliphatic carbocycles. The van der Waals surface area contributed by atoms with Crippen LogP contribution >= 0.6 is 0 Å². The Morgan fingerprint density at radius 3 is 2.54 bits per heavy atom. The number of alkyl halides is 2. The van der Waals surface area contributed by atoms with Crippen molar-refractivity contribution in [3.63, 3.8) is 0 Å². The molecule has 1 aliphatic heterocycles. The summed E-state index contributed by atoms with van der Waals surface area (Å²) in [7, 11) is 5.17. The number of allylic oxidation sites excluding steroid dienone is 1. The molecule has 1 aromatic rings. The predicted molar refractivity (Wildman–Crippen MR) is 102 cm³/mol. The molecule has 0 saturated carbocycles. The highest BCUT2D eigenvalue weighted by Gasteiger charge is 2.35. The van der Waals surface area contributed by atoms with Gasteiger partial charge < -0.3 is 20.8 Å². The first kappa shape index (κ1) is 20.0. The number of methoxy groups -OCH3 is 1. The summed E-state index contributed by atoms with van der Waals surface area (Å²) < 4.78 is 32.3. The second-order valence-electron chi connectivity index (χ2n) is 6.35. The zero-order chi connectivity index (χ0) is 19.4. The number of nitrogen functional groups attached to an aromatic ring is 1. The summed E-state index contributed by atoms with van der Waals surface area (Å²) in [6.45, 7) is 2.15. The molecule has 8 heteroatoms. The van der Waals surface area contributed by atoms with Gasteiger partial charge in [-0.05, 0) is 31.2 Å². The van der Waals surface area contributed by atoms with Crippen LogP contribution in [0.2, 0.25) is 0 Å². The Morgan fingerprint density at radius 2 is 2.00 bits per heavy atom. The van der Waals surface area contributed by atoms with Crippen molar-refractivity contribution in [1.82, 2.24) is 14.9 Å². The maximum absolute atomic E-state index is 13.5. The molecule has 0 radical (unpaired) electrons. The van der Waals surface area contributed by atoms with Gasteiger partial charge in [0.2, 0.25) is 0 Å². The second kappa shape index (κ2) is 8.35. The van der Waals surface area contributed by atoms with Crippen LogP contribution in [0.1, 0.15) is 13.9 Å². The van der Waals surface area contributed by atoms with Crippen LogP contribution in [-0.4, -0.2) is 73.8 Å².